The summed E-state index contributed by atoms with van der Waals surface area (Å²) >= 11 is 0. The SMILES string of the molecule is O=P(O)(O)O.O=c1ccc2ccc(O)cc2o1. The Morgan fingerprint density at radius 2 is 1.59 bits per heavy atom. The summed E-state index contributed by atoms with van der Waals surface area (Å²) in [6, 6.07) is 7.65. The van der Waals surface area contributed by atoms with Crippen LogP contribution in [-0.2, 0) is 4.57 Å². The molecule has 1 aromatic carbocycles. The van der Waals surface area contributed by atoms with E-state index in [0.29, 0.717) is 5.58 Å². The molecule has 0 fully saturated rings. The molecule has 0 radical (unpaired) electrons. The van der Waals surface area contributed by atoms with Gasteiger partial charge in [0.2, 0.25) is 0 Å². The first kappa shape index (κ1) is 13.4. The van der Waals surface area contributed by atoms with Crippen LogP contribution in [0.3, 0.4) is 0 Å². The van der Waals surface area contributed by atoms with E-state index < -0.39 is 13.4 Å². The van der Waals surface area contributed by atoms with Gasteiger partial charge in [-0.3, -0.25) is 0 Å². The van der Waals surface area contributed by atoms with E-state index in [9.17, 15) is 4.79 Å². The average molecular weight is 260 g/mol. The van der Waals surface area contributed by atoms with E-state index in [1.807, 2.05) is 0 Å². The van der Waals surface area contributed by atoms with Crippen molar-refractivity contribution < 1.29 is 28.8 Å². The number of phenols is 1. The molecule has 0 atom stereocenters. The van der Waals surface area contributed by atoms with Crippen molar-refractivity contribution in [2.75, 3.05) is 0 Å². The van der Waals surface area contributed by atoms with E-state index in [0.717, 1.165) is 5.39 Å². The minimum Gasteiger partial charge on any atom is -0.508 e. The predicted octanol–water partition coefficient (Wildman–Crippen LogP) is 0.570. The van der Waals surface area contributed by atoms with Crippen molar-refractivity contribution in [2.45, 2.75) is 0 Å². The van der Waals surface area contributed by atoms with Crippen LogP contribution in [-0.4, -0.2) is 19.8 Å². The molecule has 1 heterocycles. The maximum Gasteiger partial charge on any atom is 0.466 e. The second-order valence-electron chi connectivity index (χ2n) is 2.99. The van der Waals surface area contributed by atoms with Gasteiger partial charge in [0, 0.05) is 17.5 Å². The molecule has 92 valence electrons. The summed E-state index contributed by atoms with van der Waals surface area (Å²) in [6.45, 7) is 0. The van der Waals surface area contributed by atoms with Gasteiger partial charge in [0.05, 0.1) is 0 Å². The summed E-state index contributed by atoms with van der Waals surface area (Å²) in [5.74, 6) is 0.0943. The minimum atomic E-state index is -4.64. The van der Waals surface area contributed by atoms with Crippen LogP contribution in [0.15, 0.2) is 39.5 Å². The van der Waals surface area contributed by atoms with Crippen LogP contribution in [0.1, 0.15) is 0 Å². The molecule has 7 nitrogen and oxygen atoms in total. The molecule has 0 saturated heterocycles. The zero-order valence-electron chi connectivity index (χ0n) is 8.35. The third-order valence-electron chi connectivity index (χ3n) is 1.61. The monoisotopic (exact) mass is 260 g/mol. The normalized spacial score (nSPS) is 10.8. The molecule has 0 aliphatic carbocycles. The Kier molecular flexibility index (Phi) is 4.03. The third kappa shape index (κ3) is 5.28. The number of rotatable bonds is 0. The highest BCUT2D eigenvalue weighted by molar-refractivity contribution is 7.45. The number of phenolic OH excluding ortho intramolecular Hbond substituents is 1. The first-order valence-corrected chi connectivity index (χ1v) is 5.83. The molecule has 0 aliphatic rings. The van der Waals surface area contributed by atoms with Crippen LogP contribution < -0.4 is 5.63 Å². The van der Waals surface area contributed by atoms with Gasteiger partial charge in [-0.15, -0.1) is 0 Å². The molecule has 0 unspecified atom stereocenters. The lowest BCUT2D eigenvalue weighted by molar-refractivity contribution is 0.275. The largest absolute Gasteiger partial charge is 0.508 e. The van der Waals surface area contributed by atoms with Gasteiger partial charge in [0.25, 0.3) is 0 Å². The summed E-state index contributed by atoms with van der Waals surface area (Å²) < 4.78 is 13.7. The van der Waals surface area contributed by atoms with Gasteiger partial charge in [-0.25, -0.2) is 9.36 Å². The average Bonchev–Trinajstić information content (AvgIpc) is 2.14. The summed E-state index contributed by atoms with van der Waals surface area (Å²) in [7, 11) is -4.64. The number of benzene rings is 1. The van der Waals surface area contributed by atoms with E-state index in [-0.39, 0.29) is 5.75 Å². The molecular formula is C9H9O7P. The predicted molar refractivity (Wildman–Crippen MR) is 58.4 cm³/mol. The number of phosphoric acid groups is 1. The van der Waals surface area contributed by atoms with Crippen molar-refractivity contribution in [1.82, 2.24) is 0 Å². The highest BCUT2D eigenvalue weighted by atomic mass is 31.2. The van der Waals surface area contributed by atoms with Crippen molar-refractivity contribution in [3.8, 4) is 5.75 Å². The van der Waals surface area contributed by atoms with Gasteiger partial charge in [0.15, 0.2) is 0 Å². The molecule has 0 saturated carbocycles. The topological polar surface area (TPSA) is 128 Å². The minimum absolute atomic E-state index is 0.0943. The molecule has 8 heteroatoms. The van der Waals surface area contributed by atoms with E-state index in [4.69, 9.17) is 28.8 Å². The Hall–Kier alpha value is -1.66. The van der Waals surface area contributed by atoms with Gasteiger partial charge in [-0.1, -0.05) is 0 Å². The number of hydrogen-bond donors (Lipinski definition) is 4. The van der Waals surface area contributed by atoms with Crippen molar-refractivity contribution in [2.24, 2.45) is 0 Å². The van der Waals surface area contributed by atoms with Gasteiger partial charge in [-0.05, 0) is 18.2 Å². The Bertz CT molecular complexity index is 604. The van der Waals surface area contributed by atoms with Gasteiger partial charge in [-0.2, -0.15) is 0 Å². The Labute approximate surface area is 94.8 Å². The fourth-order valence-corrected chi connectivity index (χ4v) is 1.05. The number of fused-ring (bicyclic) bond motifs is 1. The Morgan fingerprint density at radius 3 is 2.18 bits per heavy atom. The fourth-order valence-electron chi connectivity index (χ4n) is 1.05. The van der Waals surface area contributed by atoms with Crippen LogP contribution in [0.25, 0.3) is 11.0 Å². The standard InChI is InChI=1S/C9H6O3.H3O4P/c10-7-3-1-6-2-4-9(11)12-8(6)5-7;1-5(2,3)4/h1-5,10H;(H3,1,2,3,4). The zero-order chi connectivity index (χ0) is 13.1. The molecular weight excluding hydrogens is 251 g/mol. The van der Waals surface area contributed by atoms with Crippen LogP contribution in [0.4, 0.5) is 0 Å². The fraction of sp³-hybridized carbons (Fsp3) is 0. The van der Waals surface area contributed by atoms with Crippen molar-refractivity contribution in [3.05, 3.63) is 40.8 Å². The number of aromatic hydroxyl groups is 1. The molecule has 4 N–H and O–H groups in total. The second kappa shape index (κ2) is 5.11. The summed E-state index contributed by atoms with van der Waals surface area (Å²) in [6.07, 6.45) is 0. The molecule has 1 aromatic heterocycles. The van der Waals surface area contributed by atoms with Crippen molar-refractivity contribution >= 4 is 18.8 Å². The number of hydrogen-bond acceptors (Lipinski definition) is 4. The molecule has 0 amide bonds. The van der Waals surface area contributed by atoms with E-state index in [1.54, 1.807) is 18.2 Å². The highest BCUT2D eigenvalue weighted by Gasteiger charge is 2.00. The smallest absolute Gasteiger partial charge is 0.466 e. The van der Waals surface area contributed by atoms with Crippen molar-refractivity contribution in [1.29, 1.82) is 0 Å². The van der Waals surface area contributed by atoms with E-state index in [1.165, 1.54) is 12.1 Å². The van der Waals surface area contributed by atoms with Gasteiger partial charge in [0.1, 0.15) is 11.3 Å². The maximum absolute atomic E-state index is 10.7. The summed E-state index contributed by atoms with van der Waals surface area (Å²) in [5, 5.41) is 9.86. The lowest BCUT2D eigenvalue weighted by Crippen LogP contribution is -1.93. The van der Waals surface area contributed by atoms with E-state index in [2.05, 4.69) is 0 Å². The Morgan fingerprint density at radius 1 is 1.06 bits per heavy atom. The first-order chi connectivity index (χ1) is 7.75. The van der Waals surface area contributed by atoms with Crippen LogP contribution in [0.2, 0.25) is 0 Å². The summed E-state index contributed by atoms with van der Waals surface area (Å²) in [4.78, 5) is 32.3. The van der Waals surface area contributed by atoms with Gasteiger partial charge >= 0.3 is 13.4 Å². The molecule has 0 spiro atoms. The lowest BCUT2D eigenvalue weighted by Gasteiger charge is -1.94. The second-order valence-corrected chi connectivity index (χ2v) is 4.02. The quantitative estimate of drug-likeness (QED) is 0.402. The zero-order valence-corrected chi connectivity index (χ0v) is 9.24. The molecule has 0 bridgehead atoms. The van der Waals surface area contributed by atoms with E-state index >= 15 is 0 Å². The molecule has 2 rings (SSSR count). The summed E-state index contributed by atoms with van der Waals surface area (Å²) in [5.41, 5.74) is -0.00407. The maximum atomic E-state index is 10.7. The Balaban J connectivity index is 0.000000249. The van der Waals surface area contributed by atoms with Crippen LogP contribution >= 0.6 is 7.82 Å². The molecule has 17 heavy (non-hydrogen) atoms. The van der Waals surface area contributed by atoms with Gasteiger partial charge < -0.3 is 24.2 Å². The molecule has 0 aliphatic heterocycles. The lowest BCUT2D eigenvalue weighted by atomic mass is 10.2. The molecule has 2 aromatic rings. The van der Waals surface area contributed by atoms with Crippen LogP contribution in [0.5, 0.6) is 5.75 Å². The van der Waals surface area contributed by atoms with Crippen LogP contribution in [0, 0.1) is 0 Å². The first-order valence-electron chi connectivity index (χ1n) is 4.27. The van der Waals surface area contributed by atoms with Crippen molar-refractivity contribution in [3.63, 3.8) is 0 Å². The highest BCUT2D eigenvalue weighted by Crippen LogP contribution is 2.25. The third-order valence-corrected chi connectivity index (χ3v) is 1.61.